The van der Waals surface area contributed by atoms with Gasteiger partial charge in [-0.2, -0.15) is 0 Å². The smallest absolute Gasteiger partial charge is 0.317 e. The minimum absolute atomic E-state index is 0.204. The quantitative estimate of drug-likeness (QED) is 0.880. The zero-order chi connectivity index (χ0) is 16.5. The Bertz CT molecular complexity index is 608. The van der Waals surface area contributed by atoms with Gasteiger partial charge in [0.05, 0.1) is 11.5 Å². The third kappa shape index (κ3) is 3.47. The number of halogens is 2. The van der Waals surface area contributed by atoms with Crippen LogP contribution in [0, 0.1) is 5.41 Å². The van der Waals surface area contributed by atoms with Crippen LogP contribution in [-0.2, 0) is 4.79 Å². The molecule has 1 aromatic rings. The number of carbonyl (C=O) groups excluding carboxylic acids is 1. The number of rotatable bonds is 3. The van der Waals surface area contributed by atoms with Gasteiger partial charge in [-0.25, -0.2) is 4.79 Å². The zero-order valence-electron chi connectivity index (χ0n) is 12.4. The second-order valence-corrected chi connectivity index (χ2v) is 6.72. The van der Waals surface area contributed by atoms with E-state index in [2.05, 4.69) is 5.32 Å². The fourth-order valence-corrected chi connectivity index (χ4v) is 3.09. The highest BCUT2D eigenvalue weighted by Gasteiger charge is 2.42. The summed E-state index contributed by atoms with van der Waals surface area (Å²) < 4.78 is 0. The molecule has 0 radical (unpaired) electrons. The standard InChI is InChI=1S/C15H18Cl2N2O3/c1-9(11-4-3-10(16)7-12(11)17)18-14(22)19-6-5-15(2,8-19)13(20)21/h3-4,7,9H,5-6,8H2,1-2H3,(H,18,22)(H,20,21)/t9-,15?/m0/s1. The summed E-state index contributed by atoms with van der Waals surface area (Å²) in [6.45, 7) is 4.10. The first-order valence-electron chi connectivity index (χ1n) is 6.97. The third-order valence-electron chi connectivity index (χ3n) is 4.05. The first-order chi connectivity index (χ1) is 10.2. The van der Waals surface area contributed by atoms with E-state index >= 15 is 0 Å². The van der Waals surface area contributed by atoms with Crippen LogP contribution < -0.4 is 5.32 Å². The van der Waals surface area contributed by atoms with Crippen molar-refractivity contribution in [3.05, 3.63) is 33.8 Å². The minimum atomic E-state index is -0.878. The average Bonchev–Trinajstić information content (AvgIpc) is 2.82. The molecule has 2 rings (SSSR count). The van der Waals surface area contributed by atoms with Gasteiger partial charge in [-0.3, -0.25) is 4.79 Å². The van der Waals surface area contributed by atoms with Crippen LogP contribution in [0.5, 0.6) is 0 Å². The SMILES string of the molecule is C[C@H](NC(=O)N1CCC(C)(C(=O)O)C1)c1ccc(Cl)cc1Cl. The number of nitrogens with one attached hydrogen (secondary N) is 1. The lowest BCUT2D eigenvalue weighted by molar-refractivity contribution is -0.146. The van der Waals surface area contributed by atoms with Crippen LogP contribution in [0.25, 0.3) is 0 Å². The summed E-state index contributed by atoms with van der Waals surface area (Å²) in [5.41, 5.74) is -0.113. The van der Waals surface area contributed by atoms with Crippen molar-refractivity contribution >= 4 is 35.2 Å². The summed E-state index contributed by atoms with van der Waals surface area (Å²) in [6, 6.07) is 4.51. The Balaban J connectivity index is 2.02. The zero-order valence-corrected chi connectivity index (χ0v) is 13.9. The topological polar surface area (TPSA) is 69.6 Å². The van der Waals surface area contributed by atoms with Crippen LogP contribution in [0.1, 0.15) is 31.9 Å². The molecule has 0 aromatic heterocycles. The first-order valence-corrected chi connectivity index (χ1v) is 7.72. The summed E-state index contributed by atoms with van der Waals surface area (Å²) in [7, 11) is 0. The number of amides is 2. The Morgan fingerprint density at radius 3 is 2.64 bits per heavy atom. The van der Waals surface area contributed by atoms with Gasteiger partial charge in [0.2, 0.25) is 0 Å². The molecule has 1 aliphatic rings. The average molecular weight is 345 g/mol. The van der Waals surface area contributed by atoms with Gasteiger partial charge in [0.15, 0.2) is 0 Å². The van der Waals surface area contributed by atoms with E-state index in [-0.39, 0.29) is 18.6 Å². The second kappa shape index (κ2) is 6.34. The number of carbonyl (C=O) groups is 2. The molecule has 7 heteroatoms. The summed E-state index contributed by atoms with van der Waals surface area (Å²) in [4.78, 5) is 25.0. The van der Waals surface area contributed by atoms with E-state index < -0.39 is 11.4 Å². The second-order valence-electron chi connectivity index (χ2n) is 5.87. The van der Waals surface area contributed by atoms with Crippen LogP contribution in [0.15, 0.2) is 18.2 Å². The van der Waals surface area contributed by atoms with Gasteiger partial charge in [0.25, 0.3) is 0 Å². The van der Waals surface area contributed by atoms with Crippen molar-refractivity contribution in [1.82, 2.24) is 10.2 Å². The van der Waals surface area contributed by atoms with Crippen LogP contribution in [-0.4, -0.2) is 35.1 Å². The predicted octanol–water partition coefficient (Wildman–Crippen LogP) is 3.56. The molecule has 0 spiro atoms. The lowest BCUT2D eigenvalue weighted by Crippen LogP contribution is -2.41. The van der Waals surface area contributed by atoms with Gasteiger partial charge in [-0.05, 0) is 38.0 Å². The molecule has 2 N–H and O–H groups in total. The Kier molecular flexibility index (Phi) is 4.87. The number of aliphatic carboxylic acids is 1. The highest BCUT2D eigenvalue weighted by molar-refractivity contribution is 6.35. The maximum atomic E-state index is 12.3. The van der Waals surface area contributed by atoms with E-state index in [1.807, 2.05) is 6.92 Å². The Morgan fingerprint density at radius 1 is 1.41 bits per heavy atom. The normalized spacial score (nSPS) is 22.5. The van der Waals surface area contributed by atoms with E-state index in [1.165, 1.54) is 4.90 Å². The van der Waals surface area contributed by atoms with Gasteiger partial charge >= 0.3 is 12.0 Å². The number of hydrogen-bond donors (Lipinski definition) is 2. The molecule has 2 atom stereocenters. The highest BCUT2D eigenvalue weighted by Crippen LogP contribution is 2.31. The van der Waals surface area contributed by atoms with Gasteiger partial charge in [0.1, 0.15) is 0 Å². The molecule has 0 aliphatic carbocycles. The van der Waals surface area contributed by atoms with E-state index in [0.717, 1.165) is 5.56 Å². The molecule has 0 bridgehead atoms. The maximum absolute atomic E-state index is 12.3. The number of carboxylic acid groups (broad SMARTS) is 1. The summed E-state index contributed by atoms with van der Waals surface area (Å²) >= 11 is 12.0. The molecule has 1 saturated heterocycles. The van der Waals surface area contributed by atoms with Crippen LogP contribution in [0.3, 0.4) is 0 Å². The number of benzene rings is 1. The lowest BCUT2D eigenvalue weighted by Gasteiger charge is -2.23. The molecule has 1 unspecified atom stereocenters. The van der Waals surface area contributed by atoms with Crippen LogP contribution in [0.4, 0.5) is 4.79 Å². The van der Waals surface area contributed by atoms with E-state index in [0.29, 0.717) is 23.0 Å². The van der Waals surface area contributed by atoms with Crippen molar-refractivity contribution in [2.75, 3.05) is 13.1 Å². The molecule has 22 heavy (non-hydrogen) atoms. The largest absolute Gasteiger partial charge is 0.481 e. The third-order valence-corrected chi connectivity index (χ3v) is 4.61. The predicted molar refractivity (Wildman–Crippen MR) is 85.3 cm³/mol. The minimum Gasteiger partial charge on any atom is -0.481 e. The number of nitrogens with zero attached hydrogens (tertiary/aromatic N) is 1. The Hall–Kier alpha value is -1.46. The number of likely N-dealkylation sites (tertiary alicyclic amines) is 1. The fraction of sp³-hybridized carbons (Fsp3) is 0.467. The maximum Gasteiger partial charge on any atom is 0.317 e. The molecule has 120 valence electrons. The van der Waals surface area contributed by atoms with Crippen molar-refractivity contribution in [2.24, 2.45) is 5.41 Å². The van der Waals surface area contributed by atoms with Gasteiger partial charge < -0.3 is 15.3 Å². The van der Waals surface area contributed by atoms with E-state index in [9.17, 15) is 14.7 Å². The van der Waals surface area contributed by atoms with Crippen molar-refractivity contribution in [1.29, 1.82) is 0 Å². The molecule has 5 nitrogen and oxygen atoms in total. The van der Waals surface area contributed by atoms with Crippen LogP contribution in [0.2, 0.25) is 10.0 Å². The number of hydrogen-bond acceptors (Lipinski definition) is 2. The monoisotopic (exact) mass is 344 g/mol. The van der Waals surface area contributed by atoms with Gasteiger partial charge in [-0.1, -0.05) is 29.3 Å². The molecule has 1 aromatic carbocycles. The first kappa shape index (κ1) is 16.9. The number of carboxylic acids is 1. The van der Waals surface area contributed by atoms with Crippen molar-refractivity contribution < 1.29 is 14.7 Å². The molecule has 1 fully saturated rings. The molecular formula is C15H18Cl2N2O3. The molecule has 1 heterocycles. The summed E-state index contributed by atoms with van der Waals surface area (Å²) in [6.07, 6.45) is 0.450. The van der Waals surface area contributed by atoms with E-state index in [1.54, 1.807) is 25.1 Å². The molecule has 0 saturated carbocycles. The molecule has 1 aliphatic heterocycles. The van der Waals surface area contributed by atoms with Gasteiger partial charge in [0, 0.05) is 23.1 Å². The molecular weight excluding hydrogens is 327 g/mol. The summed E-state index contributed by atoms with van der Waals surface area (Å²) in [5, 5.41) is 13.1. The Morgan fingerprint density at radius 2 is 2.09 bits per heavy atom. The lowest BCUT2D eigenvalue weighted by atomic mass is 9.90. The van der Waals surface area contributed by atoms with Crippen molar-refractivity contribution in [3.63, 3.8) is 0 Å². The molecule has 2 amide bonds. The van der Waals surface area contributed by atoms with Crippen LogP contribution >= 0.6 is 23.2 Å². The number of urea groups is 1. The van der Waals surface area contributed by atoms with E-state index in [4.69, 9.17) is 23.2 Å². The van der Waals surface area contributed by atoms with Crippen molar-refractivity contribution in [2.45, 2.75) is 26.3 Å². The Labute approximate surface area is 139 Å². The van der Waals surface area contributed by atoms with Crippen molar-refractivity contribution in [3.8, 4) is 0 Å². The van der Waals surface area contributed by atoms with Gasteiger partial charge in [-0.15, -0.1) is 0 Å². The summed E-state index contributed by atoms with van der Waals surface area (Å²) in [5.74, 6) is -0.878. The fourth-order valence-electron chi connectivity index (χ4n) is 2.52. The highest BCUT2D eigenvalue weighted by atomic mass is 35.5.